The van der Waals surface area contributed by atoms with Crippen LogP contribution >= 0.6 is 15.9 Å². The fourth-order valence-electron chi connectivity index (χ4n) is 2.91. The van der Waals surface area contributed by atoms with Gasteiger partial charge in [-0.05, 0) is 47.3 Å². The number of hydrogen-bond acceptors (Lipinski definition) is 4. The molecule has 3 N–H and O–H groups in total. The summed E-state index contributed by atoms with van der Waals surface area (Å²) in [6, 6.07) is 8.28. The lowest BCUT2D eigenvalue weighted by Crippen LogP contribution is -2.45. The Kier molecular flexibility index (Phi) is 4.42. The van der Waals surface area contributed by atoms with Crippen LogP contribution in [0.4, 0.5) is 5.69 Å². The maximum Gasteiger partial charge on any atom is 0.0934 e. The van der Waals surface area contributed by atoms with E-state index in [1.165, 1.54) is 0 Å². The number of nitrogens with zero attached hydrogens (tertiary/aromatic N) is 1. The molecule has 2 heterocycles. The van der Waals surface area contributed by atoms with E-state index in [1.54, 1.807) is 0 Å². The fraction of sp³-hybridized carbons (Fsp3) is 0.438. The summed E-state index contributed by atoms with van der Waals surface area (Å²) in [5.41, 5.74) is 8.01. The molecule has 1 unspecified atom stereocenters. The summed E-state index contributed by atoms with van der Waals surface area (Å²) in [6.45, 7) is 2.18. The van der Waals surface area contributed by atoms with Crippen LogP contribution in [0.2, 0.25) is 0 Å². The van der Waals surface area contributed by atoms with E-state index in [9.17, 15) is 0 Å². The quantitative estimate of drug-likeness (QED) is 0.892. The number of fused-ring (bicyclic) bond motifs is 1. The normalized spacial score (nSPS) is 23.0. The molecule has 1 aliphatic heterocycles. The second-order valence-electron chi connectivity index (χ2n) is 5.61. The van der Waals surface area contributed by atoms with E-state index >= 15 is 0 Å². The second kappa shape index (κ2) is 6.30. The first-order chi connectivity index (χ1) is 10.2. The highest BCUT2D eigenvalue weighted by atomic mass is 79.9. The molecule has 1 saturated heterocycles. The third-order valence-electron chi connectivity index (χ3n) is 4.14. The molecule has 1 fully saturated rings. The molecule has 3 rings (SSSR count). The topological polar surface area (TPSA) is 60.2 Å². The van der Waals surface area contributed by atoms with Gasteiger partial charge in [0.15, 0.2) is 0 Å². The number of rotatable bonds is 3. The Morgan fingerprint density at radius 3 is 3.10 bits per heavy atom. The van der Waals surface area contributed by atoms with Crippen molar-refractivity contribution in [2.24, 2.45) is 5.73 Å². The highest BCUT2D eigenvalue weighted by molar-refractivity contribution is 9.10. The maximum atomic E-state index is 6.08. The van der Waals surface area contributed by atoms with E-state index in [4.69, 9.17) is 10.5 Å². The summed E-state index contributed by atoms with van der Waals surface area (Å²) >= 11 is 3.47. The summed E-state index contributed by atoms with van der Waals surface area (Å²) < 4.78 is 6.56. The van der Waals surface area contributed by atoms with Gasteiger partial charge in [-0.15, -0.1) is 0 Å². The summed E-state index contributed by atoms with van der Waals surface area (Å²) in [5, 5.41) is 4.78. The molecule has 0 aliphatic carbocycles. The van der Waals surface area contributed by atoms with Crippen molar-refractivity contribution < 1.29 is 4.74 Å². The zero-order valence-electron chi connectivity index (χ0n) is 11.9. The summed E-state index contributed by atoms with van der Waals surface area (Å²) in [6.07, 6.45) is 4.82. The van der Waals surface area contributed by atoms with Crippen molar-refractivity contribution in [1.29, 1.82) is 0 Å². The lowest BCUT2D eigenvalue weighted by Gasteiger charge is -2.33. The number of pyridine rings is 1. The molecule has 0 bridgehead atoms. The minimum atomic E-state index is -0.0977. The molecule has 0 spiro atoms. The van der Waals surface area contributed by atoms with Gasteiger partial charge < -0.3 is 15.8 Å². The fourth-order valence-corrected chi connectivity index (χ4v) is 3.26. The van der Waals surface area contributed by atoms with Gasteiger partial charge in [0.05, 0.1) is 16.7 Å². The number of nitrogens with two attached hydrogens (primary N) is 1. The Morgan fingerprint density at radius 1 is 1.33 bits per heavy atom. The van der Waals surface area contributed by atoms with Crippen molar-refractivity contribution >= 4 is 32.5 Å². The highest BCUT2D eigenvalue weighted by Crippen LogP contribution is 2.30. The lowest BCUT2D eigenvalue weighted by molar-refractivity contribution is 0.141. The van der Waals surface area contributed by atoms with Gasteiger partial charge in [0.25, 0.3) is 0 Å². The van der Waals surface area contributed by atoms with Crippen LogP contribution in [0.5, 0.6) is 0 Å². The molecule has 112 valence electrons. The highest BCUT2D eigenvalue weighted by Gasteiger charge is 2.30. The average Bonchev–Trinajstić information content (AvgIpc) is 2.73. The predicted octanol–water partition coefficient (Wildman–Crippen LogP) is 3.31. The van der Waals surface area contributed by atoms with Crippen molar-refractivity contribution in [2.75, 3.05) is 25.1 Å². The van der Waals surface area contributed by atoms with E-state index in [0.29, 0.717) is 6.54 Å². The van der Waals surface area contributed by atoms with Crippen molar-refractivity contribution in [3.05, 3.63) is 34.9 Å². The molecular formula is C16H20BrN3O. The van der Waals surface area contributed by atoms with Crippen LogP contribution in [0, 0.1) is 0 Å². The number of halogens is 1. The molecule has 5 heteroatoms. The molecule has 1 aromatic heterocycles. The Balaban J connectivity index is 1.96. The number of aromatic nitrogens is 1. The summed E-state index contributed by atoms with van der Waals surface area (Å²) in [4.78, 5) is 4.55. The van der Waals surface area contributed by atoms with E-state index in [1.807, 2.05) is 6.20 Å². The van der Waals surface area contributed by atoms with Gasteiger partial charge in [0.2, 0.25) is 0 Å². The first-order valence-corrected chi connectivity index (χ1v) is 8.12. The van der Waals surface area contributed by atoms with Crippen LogP contribution in [-0.4, -0.2) is 30.3 Å². The molecule has 1 aliphatic rings. The standard InChI is InChI=1S/C16H20BrN3O/c17-13-9-12-3-1-4-14(15(12)19-10-13)20-16(11-18)5-2-7-21-8-6-16/h1,3-4,9-10,20H,2,5-8,11,18H2. The minimum Gasteiger partial charge on any atom is -0.381 e. The molecule has 21 heavy (non-hydrogen) atoms. The zero-order valence-corrected chi connectivity index (χ0v) is 13.5. The molecule has 0 radical (unpaired) electrons. The molecular weight excluding hydrogens is 330 g/mol. The third-order valence-corrected chi connectivity index (χ3v) is 4.57. The van der Waals surface area contributed by atoms with E-state index in [2.05, 4.69) is 50.5 Å². The number of ether oxygens (including phenoxy) is 1. The number of hydrogen-bond donors (Lipinski definition) is 2. The van der Waals surface area contributed by atoms with Crippen LogP contribution in [0.3, 0.4) is 0 Å². The van der Waals surface area contributed by atoms with Gasteiger partial charge in [-0.3, -0.25) is 4.98 Å². The van der Waals surface area contributed by atoms with Gasteiger partial charge in [0, 0.05) is 35.8 Å². The third kappa shape index (κ3) is 3.20. The van der Waals surface area contributed by atoms with Crippen LogP contribution in [0.1, 0.15) is 19.3 Å². The van der Waals surface area contributed by atoms with Crippen molar-refractivity contribution in [2.45, 2.75) is 24.8 Å². The molecule has 1 aromatic carbocycles. The molecule has 0 amide bonds. The second-order valence-corrected chi connectivity index (χ2v) is 6.52. The lowest BCUT2D eigenvalue weighted by atomic mass is 9.90. The first-order valence-electron chi connectivity index (χ1n) is 7.33. The maximum absolute atomic E-state index is 6.08. The van der Waals surface area contributed by atoms with Gasteiger partial charge >= 0.3 is 0 Å². The van der Waals surface area contributed by atoms with Gasteiger partial charge in [-0.1, -0.05) is 12.1 Å². The number of benzene rings is 1. The number of nitrogens with one attached hydrogen (secondary N) is 1. The van der Waals surface area contributed by atoms with Crippen LogP contribution in [0.25, 0.3) is 10.9 Å². The molecule has 2 aromatic rings. The van der Waals surface area contributed by atoms with Gasteiger partial charge in [0.1, 0.15) is 0 Å². The van der Waals surface area contributed by atoms with Crippen molar-refractivity contribution in [3.8, 4) is 0 Å². The Bertz CT molecular complexity index is 624. The van der Waals surface area contributed by atoms with E-state index < -0.39 is 0 Å². The van der Waals surface area contributed by atoms with Gasteiger partial charge in [-0.2, -0.15) is 0 Å². The van der Waals surface area contributed by atoms with E-state index in [0.717, 1.165) is 53.5 Å². The zero-order chi connectivity index (χ0) is 14.7. The Labute approximate surface area is 133 Å². The van der Waals surface area contributed by atoms with Gasteiger partial charge in [-0.25, -0.2) is 0 Å². The molecule has 4 nitrogen and oxygen atoms in total. The van der Waals surface area contributed by atoms with Crippen molar-refractivity contribution in [3.63, 3.8) is 0 Å². The predicted molar refractivity (Wildman–Crippen MR) is 89.5 cm³/mol. The summed E-state index contributed by atoms with van der Waals surface area (Å²) in [5.74, 6) is 0. The molecule has 1 atom stereocenters. The van der Waals surface area contributed by atoms with Crippen LogP contribution < -0.4 is 11.1 Å². The van der Waals surface area contributed by atoms with Crippen LogP contribution in [0.15, 0.2) is 34.9 Å². The SMILES string of the molecule is NCC1(Nc2cccc3cc(Br)cnc23)CCCOCC1. The minimum absolute atomic E-state index is 0.0977. The first kappa shape index (κ1) is 14.8. The monoisotopic (exact) mass is 349 g/mol. The average molecular weight is 350 g/mol. The van der Waals surface area contributed by atoms with E-state index in [-0.39, 0.29) is 5.54 Å². The Morgan fingerprint density at radius 2 is 2.24 bits per heavy atom. The number of anilines is 1. The summed E-state index contributed by atoms with van der Waals surface area (Å²) in [7, 11) is 0. The Hall–Kier alpha value is -1.17. The smallest absolute Gasteiger partial charge is 0.0934 e. The van der Waals surface area contributed by atoms with Crippen LogP contribution in [-0.2, 0) is 4.74 Å². The largest absolute Gasteiger partial charge is 0.381 e. The van der Waals surface area contributed by atoms with Crippen molar-refractivity contribution in [1.82, 2.24) is 4.98 Å². The molecule has 0 saturated carbocycles. The number of para-hydroxylation sites is 1.